The fraction of sp³-hybridized carbons (Fsp3) is 0.389. The van der Waals surface area contributed by atoms with E-state index in [1.807, 2.05) is 12.1 Å². The first kappa shape index (κ1) is 19.5. The van der Waals surface area contributed by atoms with Crippen LogP contribution < -0.4 is 10.1 Å². The maximum Gasteiger partial charge on any atom is 0.258 e. The van der Waals surface area contributed by atoms with Crippen molar-refractivity contribution in [2.45, 2.75) is 19.9 Å². The standard InChI is InChI=1S/C18H22BrFN2O3/c1-3-22(4-2)15(17-6-5-9-24-17)11-21-18(23)12-25-16-8-7-13(19)10-14(16)20/h5-10,15H,3-4,11-12H2,1-2H3,(H,21,23). The first-order valence-corrected chi connectivity index (χ1v) is 8.96. The molecule has 1 heterocycles. The molecule has 1 atom stereocenters. The fourth-order valence-corrected chi connectivity index (χ4v) is 2.89. The number of benzene rings is 1. The van der Waals surface area contributed by atoms with Gasteiger partial charge in [0.1, 0.15) is 5.76 Å². The summed E-state index contributed by atoms with van der Waals surface area (Å²) in [6, 6.07) is 8.09. The molecule has 0 fully saturated rings. The van der Waals surface area contributed by atoms with Gasteiger partial charge in [-0.1, -0.05) is 29.8 Å². The number of furan rings is 1. The van der Waals surface area contributed by atoms with Gasteiger partial charge in [-0.05, 0) is 43.4 Å². The maximum atomic E-state index is 13.7. The second-order valence-corrected chi connectivity index (χ2v) is 6.34. The number of amides is 1. The summed E-state index contributed by atoms with van der Waals surface area (Å²) in [5, 5.41) is 2.82. The lowest BCUT2D eigenvalue weighted by Crippen LogP contribution is -2.39. The van der Waals surface area contributed by atoms with E-state index in [1.54, 1.807) is 12.3 Å². The number of carbonyl (C=O) groups is 1. The number of halogens is 2. The highest BCUT2D eigenvalue weighted by Gasteiger charge is 2.21. The molecule has 5 nitrogen and oxygen atoms in total. The molecular weight excluding hydrogens is 391 g/mol. The van der Waals surface area contributed by atoms with Gasteiger partial charge >= 0.3 is 0 Å². The number of carbonyl (C=O) groups excluding carboxylic acids is 1. The smallest absolute Gasteiger partial charge is 0.258 e. The SMILES string of the molecule is CCN(CC)C(CNC(=O)COc1ccc(Br)cc1F)c1ccco1. The molecule has 0 aliphatic rings. The maximum absolute atomic E-state index is 13.7. The molecule has 0 aliphatic carbocycles. The molecule has 0 radical (unpaired) electrons. The van der Waals surface area contributed by atoms with Crippen LogP contribution in [0.1, 0.15) is 25.6 Å². The molecule has 25 heavy (non-hydrogen) atoms. The summed E-state index contributed by atoms with van der Waals surface area (Å²) in [5.41, 5.74) is 0. The van der Waals surface area contributed by atoms with Crippen LogP contribution in [0.4, 0.5) is 4.39 Å². The summed E-state index contributed by atoms with van der Waals surface area (Å²) in [6.45, 7) is 5.92. The Bertz CT molecular complexity index is 675. The monoisotopic (exact) mass is 412 g/mol. The lowest BCUT2D eigenvalue weighted by Gasteiger charge is -2.28. The molecule has 1 aromatic heterocycles. The third kappa shape index (κ3) is 5.57. The molecule has 2 aromatic rings. The van der Waals surface area contributed by atoms with E-state index in [2.05, 4.69) is 40.0 Å². The zero-order valence-electron chi connectivity index (χ0n) is 14.3. The summed E-state index contributed by atoms with van der Waals surface area (Å²) < 4.78 is 25.0. The lowest BCUT2D eigenvalue weighted by molar-refractivity contribution is -0.123. The van der Waals surface area contributed by atoms with Gasteiger partial charge in [-0.15, -0.1) is 0 Å². The van der Waals surface area contributed by atoms with Crippen LogP contribution in [0.25, 0.3) is 0 Å². The van der Waals surface area contributed by atoms with Crippen molar-refractivity contribution in [2.75, 3.05) is 26.2 Å². The number of likely N-dealkylation sites (N-methyl/N-ethyl adjacent to an activating group) is 1. The van der Waals surface area contributed by atoms with Gasteiger partial charge in [0.2, 0.25) is 0 Å². The molecule has 136 valence electrons. The van der Waals surface area contributed by atoms with Crippen LogP contribution in [0, 0.1) is 5.82 Å². The molecule has 7 heteroatoms. The van der Waals surface area contributed by atoms with Crippen molar-refractivity contribution < 1.29 is 18.3 Å². The molecule has 0 aliphatic heterocycles. The Labute approximate surface area is 155 Å². The largest absolute Gasteiger partial charge is 0.481 e. The van der Waals surface area contributed by atoms with Gasteiger partial charge in [0.25, 0.3) is 5.91 Å². The van der Waals surface area contributed by atoms with E-state index in [1.165, 1.54) is 12.1 Å². The van der Waals surface area contributed by atoms with Crippen molar-refractivity contribution in [2.24, 2.45) is 0 Å². The Morgan fingerprint density at radius 2 is 2.12 bits per heavy atom. The van der Waals surface area contributed by atoms with Crippen molar-refractivity contribution in [3.8, 4) is 5.75 Å². The van der Waals surface area contributed by atoms with Crippen LogP contribution in [-0.4, -0.2) is 37.0 Å². The summed E-state index contributed by atoms with van der Waals surface area (Å²) in [4.78, 5) is 14.2. The van der Waals surface area contributed by atoms with Gasteiger partial charge in [-0.25, -0.2) is 4.39 Å². The van der Waals surface area contributed by atoms with Gasteiger partial charge in [0.15, 0.2) is 18.2 Å². The Kier molecular flexibility index (Phi) is 7.46. The van der Waals surface area contributed by atoms with Gasteiger partial charge in [0, 0.05) is 11.0 Å². The predicted molar refractivity (Wildman–Crippen MR) is 97.0 cm³/mol. The Hall–Kier alpha value is -1.86. The van der Waals surface area contributed by atoms with Crippen molar-refractivity contribution in [1.82, 2.24) is 10.2 Å². The van der Waals surface area contributed by atoms with E-state index in [9.17, 15) is 9.18 Å². The third-order valence-electron chi connectivity index (χ3n) is 3.87. The summed E-state index contributed by atoms with van der Waals surface area (Å²) in [7, 11) is 0. The summed E-state index contributed by atoms with van der Waals surface area (Å²) in [6.07, 6.45) is 1.62. The van der Waals surface area contributed by atoms with E-state index >= 15 is 0 Å². The molecule has 1 aromatic carbocycles. The highest BCUT2D eigenvalue weighted by atomic mass is 79.9. The second kappa shape index (κ2) is 9.58. The number of ether oxygens (including phenoxy) is 1. The van der Waals surface area contributed by atoms with Gasteiger partial charge < -0.3 is 14.5 Å². The first-order valence-electron chi connectivity index (χ1n) is 8.17. The molecule has 1 unspecified atom stereocenters. The molecule has 0 saturated carbocycles. The van der Waals surface area contributed by atoms with Crippen molar-refractivity contribution >= 4 is 21.8 Å². The Morgan fingerprint density at radius 1 is 1.36 bits per heavy atom. The minimum Gasteiger partial charge on any atom is -0.481 e. The number of hydrogen-bond donors (Lipinski definition) is 1. The number of nitrogens with zero attached hydrogens (tertiary/aromatic N) is 1. The van der Waals surface area contributed by atoms with E-state index in [0.29, 0.717) is 11.0 Å². The third-order valence-corrected chi connectivity index (χ3v) is 4.36. The Morgan fingerprint density at radius 3 is 2.72 bits per heavy atom. The molecule has 1 N–H and O–H groups in total. The van der Waals surface area contributed by atoms with Crippen molar-refractivity contribution in [1.29, 1.82) is 0 Å². The zero-order valence-corrected chi connectivity index (χ0v) is 15.9. The molecule has 0 saturated heterocycles. The summed E-state index contributed by atoms with van der Waals surface area (Å²) in [5.74, 6) is 0.0124. The van der Waals surface area contributed by atoms with Crippen LogP contribution >= 0.6 is 15.9 Å². The van der Waals surface area contributed by atoms with Crippen LogP contribution in [0.2, 0.25) is 0 Å². The van der Waals surface area contributed by atoms with E-state index in [4.69, 9.17) is 9.15 Å². The van der Waals surface area contributed by atoms with Crippen LogP contribution in [0.5, 0.6) is 5.75 Å². The second-order valence-electron chi connectivity index (χ2n) is 5.42. The number of rotatable bonds is 9. The minimum absolute atomic E-state index is 0.0460. The average molecular weight is 413 g/mol. The van der Waals surface area contributed by atoms with Crippen molar-refractivity contribution in [3.63, 3.8) is 0 Å². The van der Waals surface area contributed by atoms with Crippen LogP contribution in [-0.2, 0) is 4.79 Å². The van der Waals surface area contributed by atoms with Gasteiger partial charge in [-0.3, -0.25) is 9.69 Å². The molecular formula is C18H22BrFN2O3. The van der Waals surface area contributed by atoms with Crippen LogP contribution in [0.15, 0.2) is 45.5 Å². The Balaban J connectivity index is 1.90. The van der Waals surface area contributed by atoms with Gasteiger partial charge in [0.05, 0.1) is 12.3 Å². The van der Waals surface area contributed by atoms with Crippen molar-refractivity contribution in [3.05, 3.63) is 52.6 Å². The predicted octanol–water partition coefficient (Wildman–Crippen LogP) is 3.76. The topological polar surface area (TPSA) is 54.7 Å². The van der Waals surface area contributed by atoms with Gasteiger partial charge in [-0.2, -0.15) is 0 Å². The normalized spacial score (nSPS) is 12.2. The number of nitrogens with one attached hydrogen (secondary N) is 1. The van der Waals surface area contributed by atoms with Crippen LogP contribution in [0.3, 0.4) is 0 Å². The van der Waals surface area contributed by atoms with E-state index < -0.39 is 5.82 Å². The minimum atomic E-state index is -0.515. The molecule has 2 rings (SSSR count). The number of hydrogen-bond acceptors (Lipinski definition) is 4. The summed E-state index contributed by atoms with van der Waals surface area (Å²) >= 11 is 3.17. The average Bonchev–Trinajstić information content (AvgIpc) is 3.12. The van der Waals surface area contributed by atoms with E-state index in [0.717, 1.165) is 18.8 Å². The highest BCUT2D eigenvalue weighted by Crippen LogP contribution is 2.22. The lowest BCUT2D eigenvalue weighted by atomic mass is 10.2. The quantitative estimate of drug-likeness (QED) is 0.680. The van der Waals surface area contributed by atoms with E-state index in [-0.39, 0.29) is 24.3 Å². The molecule has 0 bridgehead atoms. The molecule has 1 amide bonds. The molecule has 0 spiro atoms. The fourth-order valence-electron chi connectivity index (χ4n) is 2.55. The zero-order chi connectivity index (χ0) is 18.2. The first-order chi connectivity index (χ1) is 12.0. The highest BCUT2D eigenvalue weighted by molar-refractivity contribution is 9.10.